The Bertz CT molecular complexity index is 1100. The molecule has 0 atom stereocenters. The molecule has 6 nitrogen and oxygen atoms in total. The van der Waals surface area contributed by atoms with Crippen molar-refractivity contribution in [3.8, 4) is 5.69 Å². The zero-order chi connectivity index (χ0) is 22.0. The zero-order valence-electron chi connectivity index (χ0n) is 17.6. The number of piperidine rings is 1. The largest absolute Gasteiger partial charge is 0.349 e. The van der Waals surface area contributed by atoms with E-state index in [1.807, 2.05) is 36.7 Å². The van der Waals surface area contributed by atoms with E-state index in [9.17, 15) is 14.0 Å². The summed E-state index contributed by atoms with van der Waals surface area (Å²) < 4.78 is 15.7. The normalized spacial score (nSPS) is 14.5. The molecule has 0 saturated carbocycles. The smallest absolute Gasteiger partial charge is 0.256 e. The van der Waals surface area contributed by atoms with Crippen LogP contribution in [0.1, 0.15) is 44.9 Å². The third-order valence-electron chi connectivity index (χ3n) is 5.61. The van der Waals surface area contributed by atoms with Crippen LogP contribution in [0.4, 0.5) is 4.39 Å². The molecule has 1 N–H and O–H groups in total. The number of carbonyl (C=O) groups is 2. The van der Waals surface area contributed by atoms with E-state index in [-0.39, 0.29) is 23.4 Å². The Hall–Kier alpha value is -3.48. The van der Waals surface area contributed by atoms with Crippen molar-refractivity contribution in [2.45, 2.75) is 32.7 Å². The fourth-order valence-corrected chi connectivity index (χ4v) is 3.94. The van der Waals surface area contributed by atoms with Crippen molar-refractivity contribution in [2.24, 2.45) is 0 Å². The maximum absolute atomic E-state index is 13.9. The van der Waals surface area contributed by atoms with Crippen LogP contribution in [-0.2, 0) is 0 Å². The zero-order valence-corrected chi connectivity index (χ0v) is 17.6. The minimum absolute atomic E-state index is 0.0205. The van der Waals surface area contributed by atoms with Crippen molar-refractivity contribution in [1.82, 2.24) is 20.0 Å². The van der Waals surface area contributed by atoms with Gasteiger partial charge in [0.15, 0.2) is 0 Å². The minimum Gasteiger partial charge on any atom is -0.349 e. The molecule has 3 aromatic rings. The van der Waals surface area contributed by atoms with Crippen LogP contribution in [0.2, 0.25) is 0 Å². The molecule has 0 aliphatic carbocycles. The minimum atomic E-state index is -0.508. The molecule has 1 fully saturated rings. The van der Waals surface area contributed by atoms with Gasteiger partial charge in [0.2, 0.25) is 0 Å². The summed E-state index contributed by atoms with van der Waals surface area (Å²) in [4.78, 5) is 26.8. The van der Waals surface area contributed by atoms with Crippen LogP contribution in [0, 0.1) is 19.7 Å². The van der Waals surface area contributed by atoms with Crippen molar-refractivity contribution >= 4 is 11.8 Å². The molecule has 31 heavy (non-hydrogen) atoms. The van der Waals surface area contributed by atoms with E-state index in [2.05, 4.69) is 10.4 Å². The van der Waals surface area contributed by atoms with Crippen LogP contribution in [0.3, 0.4) is 0 Å². The van der Waals surface area contributed by atoms with Gasteiger partial charge >= 0.3 is 0 Å². The first-order chi connectivity index (χ1) is 14.9. The van der Waals surface area contributed by atoms with E-state index in [1.54, 1.807) is 29.2 Å². The number of benzene rings is 2. The number of likely N-dealkylation sites (tertiary alicyclic amines) is 1. The lowest BCUT2D eigenvalue weighted by Crippen LogP contribution is -2.46. The molecular weight excluding hydrogens is 395 g/mol. The average Bonchev–Trinajstić information content (AvgIpc) is 3.12. The van der Waals surface area contributed by atoms with E-state index >= 15 is 0 Å². The summed E-state index contributed by atoms with van der Waals surface area (Å²) in [6.45, 7) is 4.90. The number of carbonyl (C=O) groups excluding carboxylic acids is 2. The number of aryl methyl sites for hydroxylation is 2. The molecule has 160 valence electrons. The highest BCUT2D eigenvalue weighted by Crippen LogP contribution is 2.17. The second kappa shape index (κ2) is 8.71. The van der Waals surface area contributed by atoms with Gasteiger partial charge in [-0.2, -0.15) is 5.10 Å². The van der Waals surface area contributed by atoms with E-state index in [0.717, 1.165) is 17.1 Å². The number of aromatic nitrogens is 2. The Morgan fingerprint density at radius 1 is 1.03 bits per heavy atom. The number of rotatable bonds is 4. The van der Waals surface area contributed by atoms with Crippen molar-refractivity contribution in [3.05, 3.63) is 82.9 Å². The van der Waals surface area contributed by atoms with Gasteiger partial charge in [-0.05, 0) is 69.2 Å². The van der Waals surface area contributed by atoms with Gasteiger partial charge in [0.1, 0.15) is 5.82 Å². The molecule has 0 unspecified atom stereocenters. The summed E-state index contributed by atoms with van der Waals surface area (Å²) in [5.41, 5.74) is 3.55. The van der Waals surface area contributed by atoms with Gasteiger partial charge in [0.05, 0.1) is 16.9 Å². The van der Waals surface area contributed by atoms with Gasteiger partial charge in [-0.15, -0.1) is 0 Å². The van der Waals surface area contributed by atoms with Gasteiger partial charge in [-0.3, -0.25) is 9.59 Å². The van der Waals surface area contributed by atoms with Crippen LogP contribution in [0.25, 0.3) is 5.69 Å². The van der Waals surface area contributed by atoms with E-state index in [0.29, 0.717) is 31.5 Å². The van der Waals surface area contributed by atoms with Crippen LogP contribution in [0.5, 0.6) is 0 Å². The molecule has 7 heteroatoms. The first-order valence-corrected chi connectivity index (χ1v) is 10.4. The van der Waals surface area contributed by atoms with E-state index in [1.165, 1.54) is 12.1 Å². The molecule has 0 bridgehead atoms. The Kier molecular flexibility index (Phi) is 5.84. The van der Waals surface area contributed by atoms with Gasteiger partial charge in [0, 0.05) is 30.4 Å². The van der Waals surface area contributed by atoms with Crippen molar-refractivity contribution in [1.29, 1.82) is 0 Å². The molecule has 1 saturated heterocycles. The lowest BCUT2D eigenvalue weighted by Gasteiger charge is -2.32. The third kappa shape index (κ3) is 4.50. The first kappa shape index (κ1) is 20.8. The third-order valence-corrected chi connectivity index (χ3v) is 5.61. The van der Waals surface area contributed by atoms with Crippen LogP contribution in [-0.4, -0.2) is 45.6 Å². The SMILES string of the molecule is Cc1cc(C)n(-c2ccc(C(=O)NC3CCN(C(=O)c4ccccc4F)CC3)cc2)n1. The second-order valence-electron chi connectivity index (χ2n) is 7.91. The van der Waals surface area contributed by atoms with Gasteiger partial charge in [0.25, 0.3) is 11.8 Å². The highest BCUT2D eigenvalue weighted by Gasteiger charge is 2.26. The second-order valence-corrected chi connectivity index (χ2v) is 7.91. The fourth-order valence-electron chi connectivity index (χ4n) is 3.94. The van der Waals surface area contributed by atoms with Gasteiger partial charge in [-0.1, -0.05) is 12.1 Å². The maximum atomic E-state index is 13.9. The van der Waals surface area contributed by atoms with Gasteiger partial charge in [-0.25, -0.2) is 9.07 Å². The molecule has 2 amide bonds. The van der Waals surface area contributed by atoms with E-state index in [4.69, 9.17) is 0 Å². The Morgan fingerprint density at radius 2 is 1.71 bits per heavy atom. The Labute approximate surface area is 180 Å². The molecule has 2 heterocycles. The fraction of sp³-hybridized carbons (Fsp3) is 0.292. The number of nitrogens with one attached hydrogen (secondary N) is 1. The predicted molar refractivity (Wildman–Crippen MR) is 116 cm³/mol. The Balaban J connectivity index is 1.33. The lowest BCUT2D eigenvalue weighted by molar-refractivity contribution is 0.0693. The number of halogens is 1. The number of hydrogen-bond acceptors (Lipinski definition) is 3. The predicted octanol–water partition coefficient (Wildman–Crippen LogP) is 3.66. The van der Waals surface area contributed by atoms with Crippen molar-refractivity contribution in [3.63, 3.8) is 0 Å². The summed E-state index contributed by atoms with van der Waals surface area (Å²) >= 11 is 0. The van der Waals surface area contributed by atoms with E-state index < -0.39 is 5.82 Å². The van der Waals surface area contributed by atoms with Crippen molar-refractivity contribution in [2.75, 3.05) is 13.1 Å². The highest BCUT2D eigenvalue weighted by atomic mass is 19.1. The first-order valence-electron chi connectivity index (χ1n) is 10.4. The maximum Gasteiger partial charge on any atom is 0.256 e. The van der Waals surface area contributed by atoms with Crippen LogP contribution < -0.4 is 5.32 Å². The quantitative estimate of drug-likeness (QED) is 0.700. The lowest BCUT2D eigenvalue weighted by atomic mass is 10.0. The molecular formula is C24H25FN4O2. The molecule has 1 aromatic heterocycles. The van der Waals surface area contributed by atoms with Crippen molar-refractivity contribution < 1.29 is 14.0 Å². The monoisotopic (exact) mass is 420 g/mol. The summed E-state index contributed by atoms with van der Waals surface area (Å²) in [6, 6.07) is 15.3. The highest BCUT2D eigenvalue weighted by molar-refractivity contribution is 5.95. The summed E-state index contributed by atoms with van der Waals surface area (Å²) in [5.74, 6) is -0.951. The molecule has 1 aliphatic rings. The molecule has 0 spiro atoms. The Morgan fingerprint density at radius 3 is 2.32 bits per heavy atom. The number of hydrogen-bond donors (Lipinski definition) is 1. The number of nitrogens with zero attached hydrogens (tertiary/aromatic N) is 3. The standard InChI is InChI=1S/C24H25FN4O2/c1-16-15-17(2)29(27-16)20-9-7-18(8-10-20)23(30)26-19-11-13-28(14-12-19)24(31)21-5-3-4-6-22(21)25/h3-10,15,19H,11-14H2,1-2H3,(H,26,30). The average molecular weight is 420 g/mol. The summed E-state index contributed by atoms with van der Waals surface area (Å²) in [7, 11) is 0. The van der Waals surface area contributed by atoms with Crippen LogP contribution in [0.15, 0.2) is 54.6 Å². The van der Waals surface area contributed by atoms with Gasteiger partial charge < -0.3 is 10.2 Å². The molecule has 0 radical (unpaired) electrons. The molecule has 4 rings (SSSR count). The molecule has 1 aliphatic heterocycles. The summed E-state index contributed by atoms with van der Waals surface area (Å²) in [6.07, 6.45) is 1.27. The topological polar surface area (TPSA) is 67.2 Å². The van der Waals surface area contributed by atoms with Crippen LogP contribution >= 0.6 is 0 Å². The summed E-state index contributed by atoms with van der Waals surface area (Å²) in [5, 5.41) is 7.50. The molecule has 2 aromatic carbocycles. The number of amides is 2.